The highest BCUT2D eigenvalue weighted by Gasteiger charge is 2.19. The lowest BCUT2D eigenvalue weighted by atomic mass is 10.1. The molecule has 0 saturated carbocycles. The van der Waals surface area contributed by atoms with E-state index in [4.69, 9.17) is 9.84 Å². The number of anilines is 2. The lowest BCUT2D eigenvalue weighted by Crippen LogP contribution is -2.34. The molecule has 2 aromatic heterocycles. The Morgan fingerprint density at radius 1 is 1.02 bits per heavy atom. The van der Waals surface area contributed by atoms with Crippen molar-refractivity contribution >= 4 is 29.0 Å². The van der Waals surface area contributed by atoms with E-state index in [1.165, 1.54) is 19.3 Å². The maximum Gasteiger partial charge on any atom is 0.253 e. The Morgan fingerprint density at radius 2 is 1.70 bits per heavy atom. The summed E-state index contributed by atoms with van der Waals surface area (Å²) in [5, 5.41) is 8.36. The number of amides is 1. The maximum absolute atomic E-state index is 13.7. The van der Waals surface area contributed by atoms with Crippen LogP contribution in [0.5, 0.6) is 5.75 Å². The van der Waals surface area contributed by atoms with E-state index < -0.39 is 0 Å². The number of methoxy groups -OCH3 is 1. The van der Waals surface area contributed by atoms with Crippen LogP contribution < -0.4 is 10.1 Å². The van der Waals surface area contributed by atoms with Crippen LogP contribution in [0.3, 0.4) is 0 Å². The first-order chi connectivity index (χ1) is 19.3. The predicted octanol–water partition coefficient (Wildman–Crippen LogP) is 7.12. The van der Waals surface area contributed by atoms with Crippen LogP contribution in [0.2, 0.25) is 0 Å². The van der Waals surface area contributed by atoms with Gasteiger partial charge in [-0.15, -0.1) is 5.10 Å². The molecule has 1 aromatic carbocycles. The van der Waals surface area contributed by atoms with Gasteiger partial charge >= 0.3 is 0 Å². The molecule has 4 rings (SSSR count). The first-order valence-electron chi connectivity index (χ1n) is 15.0. The van der Waals surface area contributed by atoms with Gasteiger partial charge in [-0.1, -0.05) is 46.3 Å². The van der Waals surface area contributed by atoms with E-state index in [0.29, 0.717) is 17.4 Å². The average molecular weight is 546 g/mol. The van der Waals surface area contributed by atoms with Crippen molar-refractivity contribution in [2.45, 2.75) is 59.8 Å². The fraction of sp³-hybridized carbons (Fsp3) is 0.515. The van der Waals surface area contributed by atoms with Crippen LogP contribution in [0.4, 0.5) is 11.5 Å². The molecule has 0 aliphatic carbocycles. The molecule has 3 aromatic rings. The number of fused-ring (bicyclic) bond motifs is 1. The Kier molecular flexibility index (Phi) is 10.6. The molecular formula is C33H47N5O2. The van der Waals surface area contributed by atoms with Crippen molar-refractivity contribution in [1.29, 1.82) is 0 Å². The molecule has 1 saturated heterocycles. The number of piperidine rings is 1. The van der Waals surface area contributed by atoms with Crippen molar-refractivity contribution in [2.24, 2.45) is 11.8 Å². The van der Waals surface area contributed by atoms with E-state index in [1.807, 2.05) is 52.0 Å². The molecule has 216 valence electrons. The van der Waals surface area contributed by atoms with Crippen molar-refractivity contribution in [3.63, 3.8) is 0 Å². The minimum Gasteiger partial charge on any atom is -0.497 e. The number of pyridine rings is 1. The molecule has 40 heavy (non-hydrogen) atoms. The lowest BCUT2D eigenvalue weighted by molar-refractivity contribution is 0.0741. The highest BCUT2D eigenvalue weighted by atomic mass is 16.5. The molecule has 1 aliphatic rings. The molecule has 0 spiro atoms. The fourth-order valence-electron chi connectivity index (χ4n) is 5.05. The van der Waals surface area contributed by atoms with Crippen LogP contribution in [0, 0.1) is 11.8 Å². The predicted molar refractivity (Wildman–Crippen MR) is 166 cm³/mol. The van der Waals surface area contributed by atoms with Crippen molar-refractivity contribution in [3.05, 3.63) is 59.8 Å². The van der Waals surface area contributed by atoms with Gasteiger partial charge in [-0.25, -0.2) is 4.52 Å². The maximum atomic E-state index is 13.7. The summed E-state index contributed by atoms with van der Waals surface area (Å²) < 4.78 is 7.19. The summed E-state index contributed by atoms with van der Waals surface area (Å²) in [5.74, 6) is 2.77. The van der Waals surface area contributed by atoms with Crippen molar-refractivity contribution in [3.8, 4) is 5.75 Å². The summed E-state index contributed by atoms with van der Waals surface area (Å²) in [6.07, 6.45) is 12.2. The first-order valence-corrected chi connectivity index (χ1v) is 15.0. The fourth-order valence-corrected chi connectivity index (χ4v) is 5.05. The Labute approximate surface area is 240 Å². The second-order valence-electron chi connectivity index (χ2n) is 11.8. The second kappa shape index (κ2) is 14.4. The molecule has 3 heterocycles. The summed E-state index contributed by atoms with van der Waals surface area (Å²) in [5.41, 5.74) is 3.55. The molecule has 1 fully saturated rings. The number of hydrogen-bond acceptors (Lipinski definition) is 5. The number of carbonyl (C=O) groups is 1. The number of likely N-dealkylation sites (tertiary alicyclic amines) is 1. The summed E-state index contributed by atoms with van der Waals surface area (Å²) in [6, 6.07) is 11.7. The minimum absolute atomic E-state index is 0.0953. The summed E-state index contributed by atoms with van der Waals surface area (Å²) in [4.78, 5) is 18.3. The minimum atomic E-state index is 0.0953. The van der Waals surface area contributed by atoms with Gasteiger partial charge in [-0.3, -0.25) is 9.69 Å². The van der Waals surface area contributed by atoms with E-state index >= 15 is 0 Å². The third-order valence-corrected chi connectivity index (χ3v) is 7.61. The third-order valence-electron chi connectivity index (χ3n) is 7.61. The topological polar surface area (TPSA) is 62.1 Å². The summed E-state index contributed by atoms with van der Waals surface area (Å²) in [6.45, 7) is 13.6. The molecule has 0 atom stereocenters. The Morgan fingerprint density at radius 3 is 2.33 bits per heavy atom. The molecule has 1 N–H and O–H groups in total. The van der Waals surface area contributed by atoms with Gasteiger partial charge in [0.25, 0.3) is 5.91 Å². The zero-order valence-corrected chi connectivity index (χ0v) is 25.0. The first kappa shape index (κ1) is 29.7. The van der Waals surface area contributed by atoms with Crippen molar-refractivity contribution in [1.82, 2.24) is 19.4 Å². The van der Waals surface area contributed by atoms with Crippen LogP contribution in [0.25, 0.3) is 11.6 Å². The van der Waals surface area contributed by atoms with Crippen LogP contribution in [-0.2, 0) is 0 Å². The normalized spacial score (nSPS) is 14.5. The number of carbonyl (C=O) groups excluding carboxylic acids is 1. The molecule has 0 bridgehead atoms. The zero-order valence-electron chi connectivity index (χ0n) is 25.0. The van der Waals surface area contributed by atoms with Gasteiger partial charge in [0.1, 0.15) is 5.75 Å². The van der Waals surface area contributed by atoms with E-state index in [0.717, 1.165) is 73.9 Å². The van der Waals surface area contributed by atoms with Crippen LogP contribution in [0.15, 0.2) is 48.7 Å². The van der Waals surface area contributed by atoms with E-state index in [2.05, 4.69) is 50.1 Å². The largest absolute Gasteiger partial charge is 0.497 e. The summed E-state index contributed by atoms with van der Waals surface area (Å²) >= 11 is 0. The van der Waals surface area contributed by atoms with E-state index in [-0.39, 0.29) is 5.91 Å². The molecule has 1 amide bonds. The van der Waals surface area contributed by atoms with Gasteiger partial charge in [-0.2, -0.15) is 0 Å². The van der Waals surface area contributed by atoms with Gasteiger partial charge in [0.2, 0.25) is 0 Å². The van der Waals surface area contributed by atoms with E-state index in [9.17, 15) is 4.79 Å². The molecule has 1 aliphatic heterocycles. The molecule has 0 unspecified atom stereocenters. The monoisotopic (exact) mass is 545 g/mol. The van der Waals surface area contributed by atoms with Gasteiger partial charge in [0.05, 0.1) is 12.6 Å². The Bertz CT molecular complexity index is 1240. The zero-order chi connectivity index (χ0) is 28.5. The SMILES string of the molecule is COc1ccc(Nc2nn3ccc(C(=O)N(CCC(C)C)CCC(C)C)cc3c2/C=C/CN2CCCCC2)cc1. The van der Waals surface area contributed by atoms with Gasteiger partial charge in [-0.05, 0) is 87.0 Å². The van der Waals surface area contributed by atoms with Crippen molar-refractivity contribution < 1.29 is 9.53 Å². The highest BCUT2D eigenvalue weighted by Crippen LogP contribution is 2.28. The van der Waals surface area contributed by atoms with Gasteiger partial charge in [0, 0.05) is 42.6 Å². The van der Waals surface area contributed by atoms with Crippen LogP contribution in [0.1, 0.15) is 75.7 Å². The van der Waals surface area contributed by atoms with E-state index in [1.54, 1.807) is 7.11 Å². The highest BCUT2D eigenvalue weighted by molar-refractivity contribution is 5.96. The number of nitrogens with zero attached hydrogens (tertiary/aromatic N) is 4. The number of nitrogens with one attached hydrogen (secondary N) is 1. The number of rotatable bonds is 13. The molecule has 7 nitrogen and oxygen atoms in total. The summed E-state index contributed by atoms with van der Waals surface area (Å²) in [7, 11) is 1.67. The number of benzene rings is 1. The number of ether oxygens (including phenoxy) is 1. The van der Waals surface area contributed by atoms with Crippen LogP contribution in [-0.4, -0.2) is 65.2 Å². The van der Waals surface area contributed by atoms with Gasteiger partial charge < -0.3 is 15.0 Å². The average Bonchev–Trinajstić information content (AvgIpc) is 3.29. The number of aromatic nitrogens is 2. The molecule has 7 heteroatoms. The smallest absolute Gasteiger partial charge is 0.253 e. The Hall–Kier alpha value is -3.32. The Balaban J connectivity index is 1.65. The molecular weight excluding hydrogens is 498 g/mol. The van der Waals surface area contributed by atoms with Gasteiger partial charge in [0.15, 0.2) is 5.82 Å². The van der Waals surface area contributed by atoms with Crippen molar-refractivity contribution in [2.75, 3.05) is 45.2 Å². The standard InChI is InChI=1S/C33H47N5O2/c1-25(2)15-21-37(22-16-26(3)4)33(39)27-17-23-38-31(24-27)30(10-9-20-36-18-7-6-8-19-36)32(35-38)34-28-11-13-29(40-5)14-12-28/h9-14,17,23-26H,6-8,15-16,18-22H2,1-5H3,(H,34,35)/b10-9+. The second-order valence-corrected chi connectivity index (χ2v) is 11.8. The lowest BCUT2D eigenvalue weighted by Gasteiger charge is -2.25. The quantitative estimate of drug-likeness (QED) is 0.248. The number of hydrogen-bond donors (Lipinski definition) is 1. The third kappa shape index (κ3) is 8.10. The van der Waals surface area contributed by atoms with Crippen LogP contribution >= 0.6 is 0 Å². The molecule has 0 radical (unpaired) electrons.